The largest absolute Gasteiger partial charge is 0.530 e. The molecule has 0 aliphatic rings. The third-order valence-corrected chi connectivity index (χ3v) is 4.17. The van der Waals surface area contributed by atoms with E-state index in [1.165, 1.54) is 14.0 Å². The number of carbonyl (C=O) groups is 1. The molecule has 9 heteroatoms. The maximum absolute atomic E-state index is 12.4. The van der Waals surface area contributed by atoms with Gasteiger partial charge in [-0.15, -0.1) is 23.2 Å². The van der Waals surface area contributed by atoms with E-state index in [1.54, 1.807) is 13.8 Å². The summed E-state index contributed by atoms with van der Waals surface area (Å²) < 4.78 is 32.1. The van der Waals surface area contributed by atoms with E-state index >= 15 is 0 Å². The topological polar surface area (TPSA) is 71.1 Å². The van der Waals surface area contributed by atoms with Gasteiger partial charge < -0.3 is 9.26 Å². The lowest BCUT2D eigenvalue weighted by Crippen LogP contribution is -2.13. The quantitative estimate of drug-likeness (QED) is 0.209. The molecule has 0 saturated carbocycles. The van der Waals surface area contributed by atoms with Crippen LogP contribution in [0.3, 0.4) is 0 Å². The van der Waals surface area contributed by atoms with E-state index in [1.807, 2.05) is 0 Å². The zero-order valence-electron chi connectivity index (χ0n) is 11.8. The van der Waals surface area contributed by atoms with Gasteiger partial charge in [-0.05, 0) is 20.8 Å². The molecule has 0 heterocycles. The molecule has 0 N–H and O–H groups in total. The maximum atomic E-state index is 12.4. The average Bonchev–Trinajstić information content (AvgIpc) is 2.34. The molecule has 0 fully saturated rings. The average molecular weight is 349 g/mol. The highest BCUT2D eigenvalue weighted by molar-refractivity contribution is 7.48. The molecule has 20 heavy (non-hydrogen) atoms. The van der Waals surface area contributed by atoms with Crippen molar-refractivity contribution in [3.63, 3.8) is 0 Å². The minimum atomic E-state index is -3.88. The van der Waals surface area contributed by atoms with Gasteiger partial charge in [-0.25, -0.2) is 9.36 Å². The first-order valence-corrected chi connectivity index (χ1v) is 8.24. The van der Waals surface area contributed by atoms with Crippen molar-refractivity contribution in [3.8, 4) is 0 Å². The lowest BCUT2D eigenvalue weighted by Gasteiger charge is -2.21. The van der Waals surface area contributed by atoms with Crippen LogP contribution in [0, 0.1) is 0 Å². The minimum Gasteiger partial charge on any atom is -0.466 e. The summed E-state index contributed by atoms with van der Waals surface area (Å²) in [6.07, 6.45) is 0.621. The van der Waals surface area contributed by atoms with Crippen LogP contribution in [0.4, 0.5) is 0 Å². The number of hydrogen-bond acceptors (Lipinski definition) is 6. The van der Waals surface area contributed by atoms with Gasteiger partial charge in [-0.1, -0.05) is 0 Å². The number of allylic oxidation sites excluding steroid dienone is 1. The minimum absolute atomic E-state index is 0.0397. The Labute approximate surface area is 128 Å². The molecule has 0 radical (unpaired) electrons. The summed E-state index contributed by atoms with van der Waals surface area (Å²) in [5, 5.41) is -0.533. The van der Waals surface area contributed by atoms with Gasteiger partial charge in [0.1, 0.15) is 5.76 Å². The SMILES string of the molecule is COC(=O)/C=C(/C)OP(=O)(OCC(Cl)CCl)OC(C)C. The van der Waals surface area contributed by atoms with Gasteiger partial charge in [0, 0.05) is 5.88 Å². The van der Waals surface area contributed by atoms with E-state index in [-0.39, 0.29) is 18.2 Å². The molecule has 0 aromatic heterocycles. The fraction of sp³-hybridized carbons (Fsp3) is 0.727. The highest BCUT2D eigenvalue weighted by atomic mass is 35.5. The smallest absolute Gasteiger partial charge is 0.466 e. The monoisotopic (exact) mass is 348 g/mol. The van der Waals surface area contributed by atoms with E-state index in [0.717, 1.165) is 6.08 Å². The Morgan fingerprint density at radius 3 is 2.45 bits per heavy atom. The second-order valence-corrected chi connectivity index (χ2v) is 6.49. The fourth-order valence-electron chi connectivity index (χ4n) is 0.981. The highest BCUT2D eigenvalue weighted by Gasteiger charge is 2.31. The predicted octanol–water partition coefficient (Wildman–Crippen LogP) is 3.48. The third-order valence-electron chi connectivity index (χ3n) is 1.70. The number of halogens is 2. The van der Waals surface area contributed by atoms with Crippen molar-refractivity contribution in [2.45, 2.75) is 32.3 Å². The molecule has 0 spiro atoms. The summed E-state index contributed by atoms with van der Waals surface area (Å²) in [5.74, 6) is -0.479. The van der Waals surface area contributed by atoms with Crippen LogP contribution in [0.1, 0.15) is 20.8 Å². The van der Waals surface area contributed by atoms with E-state index in [0.29, 0.717) is 0 Å². The Kier molecular flexibility index (Phi) is 9.51. The van der Waals surface area contributed by atoms with Crippen molar-refractivity contribution in [2.24, 2.45) is 0 Å². The first kappa shape index (κ1) is 19.7. The zero-order valence-corrected chi connectivity index (χ0v) is 14.2. The van der Waals surface area contributed by atoms with Gasteiger partial charge in [0.2, 0.25) is 0 Å². The molecule has 0 aromatic rings. The molecule has 0 rings (SSSR count). The van der Waals surface area contributed by atoms with E-state index in [2.05, 4.69) is 4.74 Å². The number of alkyl halides is 2. The van der Waals surface area contributed by atoms with Crippen LogP contribution in [0.15, 0.2) is 11.8 Å². The van der Waals surface area contributed by atoms with Gasteiger partial charge >= 0.3 is 13.8 Å². The molecule has 2 unspecified atom stereocenters. The first-order chi connectivity index (χ1) is 9.22. The summed E-state index contributed by atoms with van der Waals surface area (Å²) in [6, 6.07) is 0. The van der Waals surface area contributed by atoms with Gasteiger partial charge in [0.25, 0.3) is 0 Å². The summed E-state index contributed by atoms with van der Waals surface area (Å²) in [5.41, 5.74) is 0. The maximum Gasteiger partial charge on any atom is 0.530 e. The van der Waals surface area contributed by atoms with Crippen molar-refractivity contribution in [3.05, 3.63) is 11.8 Å². The molecule has 118 valence electrons. The molecular weight excluding hydrogens is 330 g/mol. The lowest BCUT2D eigenvalue weighted by molar-refractivity contribution is -0.135. The second-order valence-electron chi connectivity index (χ2n) is 4.02. The summed E-state index contributed by atoms with van der Waals surface area (Å²) in [6.45, 7) is 4.65. The lowest BCUT2D eigenvalue weighted by atomic mass is 10.5. The molecule has 6 nitrogen and oxygen atoms in total. The van der Waals surface area contributed by atoms with Crippen LogP contribution in [0.2, 0.25) is 0 Å². The Bertz CT molecular complexity index is 385. The van der Waals surface area contributed by atoms with Crippen LogP contribution in [-0.2, 0) is 27.7 Å². The summed E-state index contributed by atoms with van der Waals surface area (Å²) in [7, 11) is -2.67. The van der Waals surface area contributed by atoms with Crippen molar-refractivity contribution < 1.29 is 27.7 Å². The van der Waals surface area contributed by atoms with Crippen LogP contribution in [-0.4, -0.2) is 37.0 Å². The number of rotatable bonds is 9. The molecule has 0 aromatic carbocycles. The Balaban J connectivity index is 4.82. The second kappa shape index (κ2) is 9.64. The summed E-state index contributed by atoms with van der Waals surface area (Å²) >= 11 is 11.3. The molecule has 0 aliphatic carbocycles. The molecule has 2 atom stereocenters. The van der Waals surface area contributed by atoms with Crippen LogP contribution < -0.4 is 0 Å². The summed E-state index contributed by atoms with van der Waals surface area (Å²) in [4.78, 5) is 11.1. The molecule has 0 amide bonds. The van der Waals surface area contributed by atoms with Gasteiger partial charge in [-0.3, -0.25) is 9.05 Å². The van der Waals surface area contributed by atoms with Gasteiger partial charge in [-0.2, -0.15) is 0 Å². The standard InChI is InChI=1S/C11H19Cl2O6P/c1-8(2)18-20(15,17-7-10(13)6-12)19-9(3)5-11(14)16-4/h5,8,10H,6-7H2,1-4H3/b9-5-. The third kappa shape index (κ3) is 8.82. The van der Waals surface area contributed by atoms with E-state index in [4.69, 9.17) is 36.8 Å². The van der Waals surface area contributed by atoms with Crippen molar-refractivity contribution in [2.75, 3.05) is 19.6 Å². The van der Waals surface area contributed by atoms with Crippen molar-refractivity contribution in [1.29, 1.82) is 0 Å². The molecular formula is C11H19Cl2O6P. The Hall–Kier alpha value is -0.260. The van der Waals surface area contributed by atoms with E-state index in [9.17, 15) is 9.36 Å². The molecule has 0 saturated heterocycles. The number of ether oxygens (including phenoxy) is 1. The zero-order chi connectivity index (χ0) is 15.8. The Morgan fingerprint density at radius 1 is 1.40 bits per heavy atom. The van der Waals surface area contributed by atoms with Gasteiger partial charge in [0.05, 0.1) is 31.3 Å². The predicted molar refractivity (Wildman–Crippen MR) is 77.0 cm³/mol. The van der Waals surface area contributed by atoms with E-state index < -0.39 is 25.3 Å². The van der Waals surface area contributed by atoms with Gasteiger partial charge in [0.15, 0.2) is 0 Å². The molecule has 0 aliphatic heterocycles. The van der Waals surface area contributed by atoms with Crippen LogP contribution >= 0.6 is 31.0 Å². The number of phosphoric ester groups is 1. The number of methoxy groups -OCH3 is 1. The highest BCUT2D eigenvalue weighted by Crippen LogP contribution is 2.52. The van der Waals surface area contributed by atoms with Crippen LogP contribution in [0.25, 0.3) is 0 Å². The normalized spacial score (nSPS) is 16.6. The van der Waals surface area contributed by atoms with Crippen molar-refractivity contribution in [1.82, 2.24) is 0 Å². The number of carbonyl (C=O) groups excluding carboxylic acids is 1. The van der Waals surface area contributed by atoms with Crippen molar-refractivity contribution >= 4 is 37.0 Å². The fourth-order valence-corrected chi connectivity index (χ4v) is 2.66. The number of hydrogen-bond donors (Lipinski definition) is 0. The molecule has 0 bridgehead atoms. The van der Waals surface area contributed by atoms with Crippen LogP contribution in [0.5, 0.6) is 0 Å². The number of phosphoric acid groups is 1. The Morgan fingerprint density at radius 2 is 2.00 bits per heavy atom. The number of esters is 1. The first-order valence-electron chi connectivity index (χ1n) is 5.81.